The zero-order valence-corrected chi connectivity index (χ0v) is 31.7. The van der Waals surface area contributed by atoms with Crippen molar-refractivity contribution in [2.45, 2.75) is 180 Å². The van der Waals surface area contributed by atoms with Gasteiger partial charge in [0.2, 0.25) is 5.91 Å². The molecule has 0 aliphatic carbocycles. The van der Waals surface area contributed by atoms with Gasteiger partial charge in [0.1, 0.15) is 13.2 Å². The Balaban J connectivity index is 4.42. The van der Waals surface area contributed by atoms with Crippen molar-refractivity contribution >= 4 is 13.7 Å². The van der Waals surface area contributed by atoms with E-state index in [4.69, 9.17) is 9.05 Å². The van der Waals surface area contributed by atoms with Gasteiger partial charge in [-0.25, -0.2) is 0 Å². The summed E-state index contributed by atoms with van der Waals surface area (Å²) in [6.07, 6.45) is 31.2. The Morgan fingerprint density at radius 3 is 1.63 bits per heavy atom. The third kappa shape index (κ3) is 31.8. The molecule has 1 amide bonds. The first-order valence-electron chi connectivity index (χ1n) is 19.1. The van der Waals surface area contributed by atoms with Gasteiger partial charge < -0.3 is 28.8 Å². The largest absolute Gasteiger partial charge is 0.756 e. The van der Waals surface area contributed by atoms with Gasteiger partial charge >= 0.3 is 0 Å². The number of unbranched alkanes of at least 4 members (excludes halogenated alkanes) is 21. The third-order valence-corrected chi connectivity index (χ3v) is 9.46. The summed E-state index contributed by atoms with van der Waals surface area (Å²) in [7, 11) is 1.26. The van der Waals surface area contributed by atoms with Crippen LogP contribution in [-0.4, -0.2) is 68.5 Å². The fourth-order valence-corrected chi connectivity index (χ4v) is 6.11. The second kappa shape index (κ2) is 30.3. The molecule has 0 aromatic carbocycles. The molecule has 0 saturated heterocycles. The molecule has 0 saturated carbocycles. The van der Waals surface area contributed by atoms with Crippen LogP contribution in [-0.2, 0) is 18.4 Å². The number of nitrogens with one attached hydrogen (secondary N) is 1. The molecule has 0 aliphatic rings. The lowest BCUT2D eigenvalue weighted by molar-refractivity contribution is -0.870. The van der Waals surface area contributed by atoms with Crippen LogP contribution in [0, 0.1) is 0 Å². The summed E-state index contributed by atoms with van der Waals surface area (Å²) in [6, 6.07) is -0.876. The van der Waals surface area contributed by atoms with Crippen molar-refractivity contribution in [3.05, 3.63) is 12.2 Å². The molecule has 0 aromatic heterocycles. The van der Waals surface area contributed by atoms with Crippen LogP contribution in [0.15, 0.2) is 12.2 Å². The molecule has 0 bridgehead atoms. The number of hydrogen-bond acceptors (Lipinski definition) is 6. The van der Waals surface area contributed by atoms with E-state index in [-0.39, 0.29) is 19.1 Å². The quantitative estimate of drug-likeness (QED) is 0.0305. The number of carbonyl (C=O) groups excluding carboxylic acids is 1. The first-order chi connectivity index (χ1) is 22.0. The zero-order valence-electron chi connectivity index (χ0n) is 30.8. The number of quaternary nitrogens is 1. The van der Waals surface area contributed by atoms with Crippen molar-refractivity contribution in [2.75, 3.05) is 40.9 Å². The molecule has 1 unspecified atom stereocenters. The van der Waals surface area contributed by atoms with Gasteiger partial charge in [-0.1, -0.05) is 154 Å². The van der Waals surface area contributed by atoms with E-state index in [9.17, 15) is 19.4 Å². The van der Waals surface area contributed by atoms with E-state index in [1.54, 1.807) is 6.08 Å². The maximum absolute atomic E-state index is 12.7. The normalized spacial score (nSPS) is 14.8. The highest BCUT2D eigenvalue weighted by Gasteiger charge is 2.23. The number of aliphatic hydroxyl groups excluding tert-OH is 1. The lowest BCUT2D eigenvalue weighted by Gasteiger charge is -2.29. The minimum absolute atomic E-state index is 0.00126. The molecule has 274 valence electrons. The number of aliphatic hydroxyl groups is 1. The second-order valence-electron chi connectivity index (χ2n) is 14.3. The highest BCUT2D eigenvalue weighted by Crippen LogP contribution is 2.38. The summed E-state index contributed by atoms with van der Waals surface area (Å²) in [5.41, 5.74) is 0. The predicted octanol–water partition coefficient (Wildman–Crippen LogP) is 9.00. The maximum Gasteiger partial charge on any atom is 0.268 e. The molecule has 3 atom stereocenters. The summed E-state index contributed by atoms with van der Waals surface area (Å²) < 4.78 is 23.0. The summed E-state index contributed by atoms with van der Waals surface area (Å²) in [5.74, 6) is -0.205. The molecular weight excluding hydrogens is 599 g/mol. The summed E-state index contributed by atoms with van der Waals surface area (Å²) in [4.78, 5) is 25.0. The van der Waals surface area contributed by atoms with E-state index in [0.717, 1.165) is 38.5 Å². The summed E-state index contributed by atoms with van der Waals surface area (Å²) in [6.45, 7) is 4.58. The van der Waals surface area contributed by atoms with Gasteiger partial charge in [0.15, 0.2) is 0 Å². The average Bonchev–Trinajstić information content (AvgIpc) is 2.99. The highest BCUT2D eigenvalue weighted by atomic mass is 31.2. The fourth-order valence-electron chi connectivity index (χ4n) is 5.39. The molecule has 0 spiro atoms. The minimum atomic E-state index is -4.57. The molecule has 0 fully saturated rings. The molecule has 8 nitrogen and oxygen atoms in total. The number of hydrogen-bond donors (Lipinski definition) is 2. The molecule has 0 aromatic rings. The monoisotopic (exact) mass is 675 g/mol. The van der Waals surface area contributed by atoms with Crippen molar-refractivity contribution < 1.29 is 32.9 Å². The van der Waals surface area contributed by atoms with Crippen LogP contribution in [0.25, 0.3) is 0 Å². The van der Waals surface area contributed by atoms with Gasteiger partial charge in [-0.2, -0.15) is 0 Å². The Hall–Kier alpha value is -0.760. The van der Waals surface area contributed by atoms with E-state index in [0.29, 0.717) is 17.4 Å². The predicted molar refractivity (Wildman–Crippen MR) is 192 cm³/mol. The van der Waals surface area contributed by atoms with Crippen molar-refractivity contribution in [1.29, 1.82) is 0 Å². The topological polar surface area (TPSA) is 108 Å². The maximum atomic E-state index is 12.7. The number of allylic oxidation sites excluding steroid dienone is 1. The Morgan fingerprint density at radius 1 is 0.739 bits per heavy atom. The van der Waals surface area contributed by atoms with E-state index < -0.39 is 20.0 Å². The van der Waals surface area contributed by atoms with Crippen LogP contribution in [0.1, 0.15) is 168 Å². The number of rotatable bonds is 34. The van der Waals surface area contributed by atoms with E-state index in [1.807, 2.05) is 27.2 Å². The van der Waals surface area contributed by atoms with Crippen molar-refractivity contribution in [2.24, 2.45) is 0 Å². The third-order valence-electron chi connectivity index (χ3n) is 8.50. The van der Waals surface area contributed by atoms with Gasteiger partial charge in [-0.15, -0.1) is 0 Å². The van der Waals surface area contributed by atoms with Gasteiger partial charge in [0.05, 0.1) is 39.9 Å². The van der Waals surface area contributed by atoms with E-state index >= 15 is 0 Å². The summed E-state index contributed by atoms with van der Waals surface area (Å²) >= 11 is 0. The van der Waals surface area contributed by atoms with Crippen LogP contribution in [0.2, 0.25) is 0 Å². The van der Waals surface area contributed by atoms with Gasteiger partial charge in [0, 0.05) is 6.42 Å². The van der Waals surface area contributed by atoms with Gasteiger partial charge in [-0.05, 0) is 19.3 Å². The van der Waals surface area contributed by atoms with Crippen molar-refractivity contribution in [3.63, 3.8) is 0 Å². The Kier molecular flexibility index (Phi) is 29.8. The van der Waals surface area contributed by atoms with E-state index in [1.165, 1.54) is 109 Å². The molecule has 46 heavy (non-hydrogen) atoms. The highest BCUT2D eigenvalue weighted by molar-refractivity contribution is 7.45. The first kappa shape index (κ1) is 45.2. The Bertz CT molecular complexity index is 773. The molecule has 0 heterocycles. The van der Waals surface area contributed by atoms with Crippen LogP contribution >= 0.6 is 7.82 Å². The molecule has 0 radical (unpaired) electrons. The zero-order chi connectivity index (χ0) is 34.4. The van der Waals surface area contributed by atoms with Crippen LogP contribution in [0.5, 0.6) is 0 Å². The number of likely N-dealkylation sites (N-methyl/N-ethyl adjacent to an activating group) is 1. The van der Waals surface area contributed by atoms with Crippen LogP contribution in [0.3, 0.4) is 0 Å². The molecule has 2 N–H and O–H groups in total. The molecule has 0 rings (SSSR count). The smallest absolute Gasteiger partial charge is 0.268 e. The minimum Gasteiger partial charge on any atom is -0.756 e. The van der Waals surface area contributed by atoms with E-state index in [2.05, 4.69) is 19.2 Å². The summed E-state index contributed by atoms with van der Waals surface area (Å²) in [5, 5.41) is 13.6. The van der Waals surface area contributed by atoms with Gasteiger partial charge in [0.25, 0.3) is 7.82 Å². The van der Waals surface area contributed by atoms with Gasteiger partial charge in [-0.3, -0.25) is 9.36 Å². The number of phosphoric ester groups is 1. The van der Waals surface area contributed by atoms with Crippen molar-refractivity contribution in [3.8, 4) is 0 Å². The lowest BCUT2D eigenvalue weighted by atomic mass is 10.0. The van der Waals surface area contributed by atoms with Crippen LogP contribution in [0.4, 0.5) is 0 Å². The Labute approximate surface area is 284 Å². The number of nitrogens with zero attached hydrogens (tertiary/aromatic N) is 1. The number of amides is 1. The Morgan fingerprint density at radius 2 is 1.17 bits per heavy atom. The lowest BCUT2D eigenvalue weighted by Crippen LogP contribution is -2.45. The SMILES string of the molecule is CCCCCCCCCCCCCCCCC/C=C/[C@H](O)[C@@H](COP(=O)([O-])OCC[N+](C)(C)C)NC(=O)CCCCCCCCC. The fraction of sp³-hybridized carbons (Fsp3) is 0.919. The molecule has 0 aliphatic heterocycles. The first-order valence-corrected chi connectivity index (χ1v) is 20.5. The second-order valence-corrected chi connectivity index (χ2v) is 15.7. The van der Waals surface area contributed by atoms with Crippen LogP contribution < -0.4 is 10.2 Å². The molecular formula is C37H75N2O6P. The average molecular weight is 675 g/mol. The molecule has 9 heteroatoms. The number of phosphoric acid groups is 1. The standard InChI is InChI=1S/C37H75N2O6P/c1-6-8-10-12-14-15-16-17-18-19-20-21-22-23-25-26-28-30-36(40)35(34-45-46(42,43)44-33-32-39(3,4)5)38-37(41)31-29-27-24-13-11-9-7-2/h28,30,35-36,40H,6-27,29,31-34H2,1-5H3,(H-,38,41,42,43)/b30-28+/t35-,36+/m1/s1. The van der Waals surface area contributed by atoms with Crippen molar-refractivity contribution in [1.82, 2.24) is 5.32 Å². The number of carbonyl (C=O) groups is 1.